The molecule has 0 bridgehead atoms. The van der Waals surface area contributed by atoms with E-state index in [0.29, 0.717) is 13.0 Å². The molecule has 1 aromatic heterocycles. The normalized spacial score (nSPS) is 14.6. The van der Waals surface area contributed by atoms with Gasteiger partial charge in [-0.05, 0) is 18.6 Å². The van der Waals surface area contributed by atoms with Gasteiger partial charge < -0.3 is 10.2 Å². The summed E-state index contributed by atoms with van der Waals surface area (Å²) in [5, 5.41) is 3.35. The smallest absolute Gasteiger partial charge is 0.227 e. The SMILES string of the molecule is O=C1CCCN1c1ccccc1NCc1cncnc1. The molecule has 20 heavy (non-hydrogen) atoms. The molecule has 1 amide bonds. The van der Waals surface area contributed by atoms with Crippen molar-refractivity contribution in [2.75, 3.05) is 16.8 Å². The van der Waals surface area contributed by atoms with E-state index in [4.69, 9.17) is 0 Å². The monoisotopic (exact) mass is 268 g/mol. The summed E-state index contributed by atoms with van der Waals surface area (Å²) in [6, 6.07) is 7.89. The molecule has 3 rings (SSSR count). The molecule has 0 atom stereocenters. The van der Waals surface area contributed by atoms with Gasteiger partial charge in [0.05, 0.1) is 11.4 Å². The van der Waals surface area contributed by atoms with E-state index in [-0.39, 0.29) is 5.91 Å². The fourth-order valence-electron chi connectivity index (χ4n) is 2.38. The number of para-hydroxylation sites is 2. The van der Waals surface area contributed by atoms with E-state index >= 15 is 0 Å². The van der Waals surface area contributed by atoms with Crippen molar-refractivity contribution in [2.45, 2.75) is 19.4 Å². The highest BCUT2D eigenvalue weighted by molar-refractivity contribution is 5.98. The summed E-state index contributed by atoms with van der Waals surface area (Å²) < 4.78 is 0. The molecule has 0 saturated carbocycles. The Balaban J connectivity index is 1.78. The lowest BCUT2D eigenvalue weighted by Crippen LogP contribution is -2.24. The van der Waals surface area contributed by atoms with Crippen LogP contribution in [-0.4, -0.2) is 22.4 Å². The van der Waals surface area contributed by atoms with E-state index in [1.165, 1.54) is 6.33 Å². The molecule has 1 aliphatic rings. The number of aromatic nitrogens is 2. The van der Waals surface area contributed by atoms with Crippen molar-refractivity contribution in [3.63, 3.8) is 0 Å². The fourth-order valence-corrected chi connectivity index (χ4v) is 2.38. The second-order valence-electron chi connectivity index (χ2n) is 4.77. The second-order valence-corrected chi connectivity index (χ2v) is 4.77. The molecule has 1 aromatic carbocycles. The summed E-state index contributed by atoms with van der Waals surface area (Å²) in [6.45, 7) is 1.44. The molecule has 5 nitrogen and oxygen atoms in total. The third-order valence-corrected chi connectivity index (χ3v) is 3.37. The van der Waals surface area contributed by atoms with E-state index in [1.54, 1.807) is 12.4 Å². The van der Waals surface area contributed by atoms with Gasteiger partial charge in [0.1, 0.15) is 6.33 Å². The molecular weight excluding hydrogens is 252 g/mol. The van der Waals surface area contributed by atoms with Crippen LogP contribution >= 0.6 is 0 Å². The summed E-state index contributed by atoms with van der Waals surface area (Å²) in [5.41, 5.74) is 2.92. The third kappa shape index (κ3) is 2.61. The highest BCUT2D eigenvalue weighted by Crippen LogP contribution is 2.29. The van der Waals surface area contributed by atoms with Gasteiger partial charge in [-0.1, -0.05) is 12.1 Å². The van der Waals surface area contributed by atoms with Crippen LogP contribution in [0.1, 0.15) is 18.4 Å². The maximum absolute atomic E-state index is 11.9. The van der Waals surface area contributed by atoms with Crippen LogP contribution in [0.2, 0.25) is 0 Å². The van der Waals surface area contributed by atoms with Crippen molar-refractivity contribution < 1.29 is 4.79 Å². The number of carbonyl (C=O) groups is 1. The van der Waals surface area contributed by atoms with Crippen LogP contribution < -0.4 is 10.2 Å². The molecule has 102 valence electrons. The Bertz CT molecular complexity index is 600. The average Bonchev–Trinajstić information content (AvgIpc) is 2.92. The van der Waals surface area contributed by atoms with Gasteiger partial charge in [-0.15, -0.1) is 0 Å². The number of anilines is 2. The first kappa shape index (κ1) is 12.6. The molecule has 1 saturated heterocycles. The first-order chi connectivity index (χ1) is 9.84. The minimum Gasteiger partial charge on any atom is -0.379 e. The predicted molar refractivity (Wildman–Crippen MR) is 77.4 cm³/mol. The molecule has 0 unspecified atom stereocenters. The number of nitrogens with zero attached hydrogens (tertiary/aromatic N) is 3. The van der Waals surface area contributed by atoms with Crippen molar-refractivity contribution in [1.29, 1.82) is 0 Å². The molecule has 1 N–H and O–H groups in total. The number of hydrogen-bond acceptors (Lipinski definition) is 4. The van der Waals surface area contributed by atoms with Crippen molar-refractivity contribution >= 4 is 17.3 Å². The van der Waals surface area contributed by atoms with Crippen LogP contribution in [0, 0.1) is 0 Å². The van der Waals surface area contributed by atoms with Crippen LogP contribution in [0.4, 0.5) is 11.4 Å². The Morgan fingerprint density at radius 1 is 1.20 bits per heavy atom. The zero-order valence-corrected chi connectivity index (χ0v) is 11.1. The van der Waals surface area contributed by atoms with Crippen LogP contribution in [0.5, 0.6) is 0 Å². The van der Waals surface area contributed by atoms with E-state index in [1.807, 2.05) is 29.2 Å². The van der Waals surface area contributed by atoms with Crippen molar-refractivity contribution in [2.24, 2.45) is 0 Å². The van der Waals surface area contributed by atoms with Gasteiger partial charge in [-0.25, -0.2) is 9.97 Å². The molecule has 5 heteroatoms. The van der Waals surface area contributed by atoms with Crippen LogP contribution in [0.3, 0.4) is 0 Å². The molecule has 2 aromatic rings. The number of nitrogens with one attached hydrogen (secondary N) is 1. The van der Waals surface area contributed by atoms with E-state index < -0.39 is 0 Å². The van der Waals surface area contributed by atoms with Gasteiger partial charge >= 0.3 is 0 Å². The van der Waals surface area contributed by atoms with E-state index in [9.17, 15) is 4.79 Å². The molecule has 0 aliphatic carbocycles. The van der Waals surface area contributed by atoms with Crippen LogP contribution in [0.25, 0.3) is 0 Å². The molecule has 2 heterocycles. The lowest BCUT2D eigenvalue weighted by Gasteiger charge is -2.20. The molecule has 1 aliphatic heterocycles. The summed E-state index contributed by atoms with van der Waals surface area (Å²) in [7, 11) is 0. The zero-order chi connectivity index (χ0) is 13.8. The maximum Gasteiger partial charge on any atom is 0.227 e. The quantitative estimate of drug-likeness (QED) is 0.923. The highest BCUT2D eigenvalue weighted by atomic mass is 16.2. The summed E-state index contributed by atoms with van der Waals surface area (Å²) in [6.07, 6.45) is 6.65. The predicted octanol–water partition coefficient (Wildman–Crippen LogP) is 2.22. The van der Waals surface area contributed by atoms with Crippen molar-refractivity contribution in [3.8, 4) is 0 Å². The molecule has 0 spiro atoms. The Hall–Kier alpha value is -2.43. The topological polar surface area (TPSA) is 58.1 Å². The molecule has 0 radical (unpaired) electrons. The zero-order valence-electron chi connectivity index (χ0n) is 11.1. The van der Waals surface area contributed by atoms with Gasteiger partial charge in [0.2, 0.25) is 5.91 Å². The Morgan fingerprint density at radius 2 is 2.00 bits per heavy atom. The van der Waals surface area contributed by atoms with Crippen LogP contribution in [-0.2, 0) is 11.3 Å². The molecular formula is C15H16N4O. The minimum absolute atomic E-state index is 0.197. The number of carbonyl (C=O) groups excluding carboxylic acids is 1. The number of hydrogen-bond donors (Lipinski definition) is 1. The van der Waals surface area contributed by atoms with Gasteiger partial charge in [-0.3, -0.25) is 4.79 Å². The summed E-state index contributed by atoms with van der Waals surface area (Å²) >= 11 is 0. The first-order valence-corrected chi connectivity index (χ1v) is 6.72. The van der Waals surface area contributed by atoms with Gasteiger partial charge in [0.25, 0.3) is 0 Å². The maximum atomic E-state index is 11.9. The minimum atomic E-state index is 0.197. The standard InChI is InChI=1S/C15H16N4O/c20-15-6-3-7-19(15)14-5-2-1-4-13(14)18-10-12-8-16-11-17-9-12/h1-2,4-5,8-9,11,18H,3,6-7,10H2. The number of benzene rings is 1. The molecule has 1 fully saturated rings. The lowest BCUT2D eigenvalue weighted by atomic mass is 10.2. The van der Waals surface area contributed by atoms with Gasteiger partial charge in [0.15, 0.2) is 0 Å². The number of amides is 1. The Labute approximate surface area is 117 Å². The lowest BCUT2D eigenvalue weighted by molar-refractivity contribution is -0.117. The highest BCUT2D eigenvalue weighted by Gasteiger charge is 2.23. The van der Waals surface area contributed by atoms with Crippen molar-refractivity contribution in [1.82, 2.24) is 9.97 Å². The van der Waals surface area contributed by atoms with Gasteiger partial charge in [0, 0.05) is 37.5 Å². The van der Waals surface area contributed by atoms with Crippen molar-refractivity contribution in [3.05, 3.63) is 48.5 Å². The Kier molecular flexibility index (Phi) is 3.58. The summed E-state index contributed by atoms with van der Waals surface area (Å²) in [5.74, 6) is 0.197. The first-order valence-electron chi connectivity index (χ1n) is 6.72. The number of rotatable bonds is 4. The second kappa shape index (κ2) is 5.69. The summed E-state index contributed by atoms with van der Waals surface area (Å²) in [4.78, 5) is 21.7. The van der Waals surface area contributed by atoms with Gasteiger partial charge in [-0.2, -0.15) is 0 Å². The Morgan fingerprint density at radius 3 is 2.75 bits per heavy atom. The largest absolute Gasteiger partial charge is 0.379 e. The fraction of sp³-hybridized carbons (Fsp3) is 0.267. The average molecular weight is 268 g/mol. The van der Waals surface area contributed by atoms with Crippen LogP contribution in [0.15, 0.2) is 43.0 Å². The third-order valence-electron chi connectivity index (χ3n) is 3.37. The van der Waals surface area contributed by atoms with E-state index in [2.05, 4.69) is 15.3 Å². The van der Waals surface area contributed by atoms with E-state index in [0.717, 1.165) is 29.9 Å².